The largest absolute Gasteiger partial charge is 0.314 e. The number of hydrogen-bond donors (Lipinski definition) is 1. The zero-order valence-corrected chi connectivity index (χ0v) is 11.7. The Morgan fingerprint density at radius 1 is 1.29 bits per heavy atom. The average molecular weight is 272 g/mol. The second-order valence-electron chi connectivity index (χ2n) is 4.83. The van der Waals surface area contributed by atoms with Crippen LogP contribution in [0.2, 0.25) is 10.0 Å². The van der Waals surface area contributed by atoms with Crippen molar-refractivity contribution in [3.8, 4) is 0 Å². The molecule has 1 nitrogen and oxygen atoms in total. The van der Waals surface area contributed by atoms with Gasteiger partial charge in [-0.2, -0.15) is 0 Å². The Kier molecular flexibility index (Phi) is 4.72. The summed E-state index contributed by atoms with van der Waals surface area (Å²) in [6.45, 7) is 3.32. The normalized spacial score (nSPS) is 24.2. The molecule has 1 aliphatic rings. The highest BCUT2D eigenvalue weighted by Gasteiger charge is 2.26. The van der Waals surface area contributed by atoms with Crippen LogP contribution < -0.4 is 5.32 Å². The highest BCUT2D eigenvalue weighted by Crippen LogP contribution is 2.38. The molecule has 1 aromatic rings. The zero-order valence-electron chi connectivity index (χ0n) is 10.2. The summed E-state index contributed by atoms with van der Waals surface area (Å²) in [6.07, 6.45) is 4.87. The molecule has 0 aromatic heterocycles. The van der Waals surface area contributed by atoms with Crippen LogP contribution in [0.4, 0.5) is 0 Å². The summed E-state index contributed by atoms with van der Waals surface area (Å²) in [6, 6.07) is 6.53. The van der Waals surface area contributed by atoms with Crippen molar-refractivity contribution in [2.75, 3.05) is 6.54 Å². The molecule has 0 radical (unpaired) electrons. The molecule has 94 valence electrons. The summed E-state index contributed by atoms with van der Waals surface area (Å²) < 4.78 is 0. The average Bonchev–Trinajstić information content (AvgIpc) is 2.75. The highest BCUT2D eigenvalue weighted by molar-refractivity contribution is 6.35. The molecule has 0 spiro atoms. The monoisotopic (exact) mass is 271 g/mol. The van der Waals surface area contributed by atoms with Crippen molar-refractivity contribution < 1.29 is 0 Å². The van der Waals surface area contributed by atoms with E-state index < -0.39 is 0 Å². The standard InChI is InChI=1S/C14H19Cl2N/c1-2-7-17-12-5-3-10(8-12)13-6-4-11(15)9-14(13)16/h4,6,9-10,12,17H,2-3,5,7-8H2,1H3. The Bertz CT molecular complexity index is 378. The Labute approximate surface area is 114 Å². The van der Waals surface area contributed by atoms with E-state index in [0.717, 1.165) is 16.6 Å². The Balaban J connectivity index is 2.00. The SMILES string of the molecule is CCCNC1CCC(c2ccc(Cl)cc2Cl)C1. The van der Waals surface area contributed by atoms with E-state index >= 15 is 0 Å². The van der Waals surface area contributed by atoms with Crippen molar-refractivity contribution in [2.45, 2.75) is 44.6 Å². The predicted molar refractivity (Wildman–Crippen MR) is 75.1 cm³/mol. The van der Waals surface area contributed by atoms with Crippen LogP contribution in [0.25, 0.3) is 0 Å². The van der Waals surface area contributed by atoms with Gasteiger partial charge >= 0.3 is 0 Å². The van der Waals surface area contributed by atoms with Gasteiger partial charge in [-0.1, -0.05) is 36.2 Å². The molecule has 2 rings (SSSR count). The van der Waals surface area contributed by atoms with Crippen molar-refractivity contribution in [3.63, 3.8) is 0 Å². The number of nitrogens with one attached hydrogen (secondary N) is 1. The third-order valence-corrected chi connectivity index (χ3v) is 4.08. The maximum absolute atomic E-state index is 6.26. The lowest BCUT2D eigenvalue weighted by Gasteiger charge is -2.14. The van der Waals surface area contributed by atoms with Gasteiger partial charge in [0.05, 0.1) is 0 Å². The lowest BCUT2D eigenvalue weighted by atomic mass is 9.97. The molecule has 0 saturated heterocycles. The predicted octanol–water partition coefficient (Wildman–Crippen LogP) is 4.63. The Morgan fingerprint density at radius 3 is 2.82 bits per heavy atom. The van der Waals surface area contributed by atoms with E-state index in [1.165, 1.54) is 31.2 Å². The van der Waals surface area contributed by atoms with Gasteiger partial charge in [0, 0.05) is 16.1 Å². The number of rotatable bonds is 4. The molecule has 0 amide bonds. The third kappa shape index (κ3) is 3.37. The second kappa shape index (κ2) is 6.08. The van der Waals surface area contributed by atoms with E-state index in [-0.39, 0.29) is 0 Å². The molecule has 1 aromatic carbocycles. The summed E-state index contributed by atoms with van der Waals surface area (Å²) in [5.41, 5.74) is 1.26. The summed E-state index contributed by atoms with van der Waals surface area (Å²) in [7, 11) is 0. The zero-order chi connectivity index (χ0) is 12.3. The van der Waals surface area contributed by atoms with E-state index in [1.54, 1.807) is 0 Å². The first kappa shape index (κ1) is 13.2. The molecular weight excluding hydrogens is 253 g/mol. The van der Waals surface area contributed by atoms with Crippen molar-refractivity contribution >= 4 is 23.2 Å². The first-order valence-electron chi connectivity index (χ1n) is 6.39. The van der Waals surface area contributed by atoms with Crippen LogP contribution in [0.5, 0.6) is 0 Å². The molecule has 2 unspecified atom stereocenters. The van der Waals surface area contributed by atoms with Crippen LogP contribution in [0.3, 0.4) is 0 Å². The highest BCUT2D eigenvalue weighted by atomic mass is 35.5. The van der Waals surface area contributed by atoms with Gasteiger partial charge in [0.25, 0.3) is 0 Å². The van der Waals surface area contributed by atoms with Crippen LogP contribution in [0.15, 0.2) is 18.2 Å². The second-order valence-corrected chi connectivity index (χ2v) is 5.67. The topological polar surface area (TPSA) is 12.0 Å². The van der Waals surface area contributed by atoms with Gasteiger partial charge in [-0.25, -0.2) is 0 Å². The Morgan fingerprint density at radius 2 is 2.12 bits per heavy atom. The quantitative estimate of drug-likeness (QED) is 0.842. The minimum absolute atomic E-state index is 0.592. The van der Waals surface area contributed by atoms with Crippen LogP contribution in [0, 0.1) is 0 Å². The molecule has 1 saturated carbocycles. The van der Waals surface area contributed by atoms with Crippen LogP contribution in [-0.4, -0.2) is 12.6 Å². The van der Waals surface area contributed by atoms with Gasteiger partial charge in [0.15, 0.2) is 0 Å². The van der Waals surface area contributed by atoms with E-state index in [4.69, 9.17) is 23.2 Å². The molecule has 0 heterocycles. The van der Waals surface area contributed by atoms with Gasteiger partial charge in [0.2, 0.25) is 0 Å². The fourth-order valence-corrected chi connectivity index (χ4v) is 3.19. The first-order valence-corrected chi connectivity index (χ1v) is 7.14. The number of benzene rings is 1. The summed E-state index contributed by atoms with van der Waals surface area (Å²) in [5, 5.41) is 5.13. The molecule has 3 heteroatoms. The number of hydrogen-bond acceptors (Lipinski definition) is 1. The molecule has 1 aliphatic carbocycles. The summed E-state index contributed by atoms with van der Waals surface area (Å²) in [5.74, 6) is 0.592. The fraction of sp³-hybridized carbons (Fsp3) is 0.571. The van der Waals surface area contributed by atoms with Gasteiger partial charge in [-0.3, -0.25) is 0 Å². The first-order chi connectivity index (χ1) is 8.20. The van der Waals surface area contributed by atoms with Crippen molar-refractivity contribution in [2.24, 2.45) is 0 Å². The van der Waals surface area contributed by atoms with Crippen LogP contribution in [0.1, 0.15) is 44.1 Å². The van der Waals surface area contributed by atoms with Crippen LogP contribution >= 0.6 is 23.2 Å². The summed E-state index contributed by atoms with van der Waals surface area (Å²) in [4.78, 5) is 0. The lowest BCUT2D eigenvalue weighted by molar-refractivity contribution is 0.517. The summed E-state index contributed by atoms with van der Waals surface area (Å²) >= 11 is 12.2. The van der Waals surface area contributed by atoms with Gasteiger partial charge < -0.3 is 5.32 Å². The fourth-order valence-electron chi connectivity index (χ4n) is 2.63. The maximum atomic E-state index is 6.26. The van der Waals surface area contributed by atoms with E-state index in [1.807, 2.05) is 12.1 Å². The molecule has 1 fully saturated rings. The lowest BCUT2D eigenvalue weighted by Crippen LogP contribution is -2.26. The maximum Gasteiger partial charge on any atom is 0.0455 e. The molecule has 0 bridgehead atoms. The van der Waals surface area contributed by atoms with Crippen molar-refractivity contribution in [1.82, 2.24) is 5.32 Å². The van der Waals surface area contributed by atoms with Gasteiger partial charge in [-0.15, -0.1) is 0 Å². The minimum atomic E-state index is 0.592. The van der Waals surface area contributed by atoms with Crippen LogP contribution in [-0.2, 0) is 0 Å². The van der Waals surface area contributed by atoms with E-state index in [0.29, 0.717) is 12.0 Å². The van der Waals surface area contributed by atoms with E-state index in [9.17, 15) is 0 Å². The van der Waals surface area contributed by atoms with Crippen molar-refractivity contribution in [1.29, 1.82) is 0 Å². The third-order valence-electron chi connectivity index (χ3n) is 3.52. The molecule has 0 aliphatic heterocycles. The smallest absolute Gasteiger partial charge is 0.0455 e. The molecule has 2 atom stereocenters. The molecular formula is C14H19Cl2N. The van der Waals surface area contributed by atoms with Crippen molar-refractivity contribution in [3.05, 3.63) is 33.8 Å². The Hall–Kier alpha value is -0.240. The molecule has 17 heavy (non-hydrogen) atoms. The van der Waals surface area contributed by atoms with Gasteiger partial charge in [0.1, 0.15) is 0 Å². The van der Waals surface area contributed by atoms with Gasteiger partial charge in [-0.05, 0) is 55.8 Å². The number of halogens is 2. The molecule has 1 N–H and O–H groups in total. The van der Waals surface area contributed by atoms with E-state index in [2.05, 4.69) is 18.3 Å². The minimum Gasteiger partial charge on any atom is -0.314 e.